The van der Waals surface area contributed by atoms with E-state index in [1.165, 1.54) is 12.8 Å². The summed E-state index contributed by atoms with van der Waals surface area (Å²) in [7, 11) is 0. The molecule has 0 amide bonds. The van der Waals surface area contributed by atoms with Crippen molar-refractivity contribution in [1.82, 2.24) is 4.98 Å². The zero-order valence-electron chi connectivity index (χ0n) is 11.9. The van der Waals surface area contributed by atoms with E-state index in [2.05, 4.69) is 17.2 Å². The van der Waals surface area contributed by atoms with Gasteiger partial charge in [-0.1, -0.05) is 19.8 Å². The van der Waals surface area contributed by atoms with E-state index in [-0.39, 0.29) is 17.1 Å². The number of pyridine rings is 1. The molecule has 1 fully saturated rings. The van der Waals surface area contributed by atoms with Crippen LogP contribution >= 0.6 is 0 Å². The normalized spacial score (nSPS) is 21.8. The fraction of sp³-hybridized carbons (Fsp3) is 0.571. The lowest BCUT2D eigenvalue weighted by Crippen LogP contribution is -2.21. The van der Waals surface area contributed by atoms with E-state index in [1.54, 1.807) is 0 Å². The van der Waals surface area contributed by atoms with Gasteiger partial charge in [-0.2, -0.15) is 0 Å². The molecule has 1 aromatic heterocycles. The van der Waals surface area contributed by atoms with Crippen molar-refractivity contribution in [3.63, 3.8) is 0 Å². The Morgan fingerprint density at radius 1 is 1.57 bits per heavy atom. The van der Waals surface area contributed by atoms with Crippen LogP contribution in [0.15, 0.2) is 12.3 Å². The van der Waals surface area contributed by atoms with Crippen LogP contribution < -0.4 is 5.32 Å². The minimum absolute atomic E-state index is 0.142. The fourth-order valence-electron chi connectivity index (χ4n) is 2.83. The highest BCUT2D eigenvalue weighted by molar-refractivity contribution is 5.88. The van der Waals surface area contributed by atoms with Gasteiger partial charge >= 0.3 is 11.7 Å². The van der Waals surface area contributed by atoms with Crippen LogP contribution in [0.3, 0.4) is 0 Å². The van der Waals surface area contributed by atoms with Crippen molar-refractivity contribution in [2.45, 2.75) is 32.6 Å². The van der Waals surface area contributed by atoms with Crippen LogP contribution in [0.1, 0.15) is 43.0 Å². The average molecular weight is 293 g/mol. The molecule has 114 valence electrons. The number of nitrogens with one attached hydrogen (secondary N) is 1. The predicted molar refractivity (Wildman–Crippen MR) is 77.5 cm³/mol. The lowest BCUT2D eigenvalue weighted by molar-refractivity contribution is -0.384. The highest BCUT2D eigenvalue weighted by Gasteiger charge is 2.22. The predicted octanol–water partition coefficient (Wildman–Crippen LogP) is 2.93. The zero-order valence-corrected chi connectivity index (χ0v) is 11.9. The van der Waals surface area contributed by atoms with E-state index in [9.17, 15) is 14.9 Å². The van der Waals surface area contributed by atoms with Crippen LogP contribution in [0.2, 0.25) is 0 Å². The number of nitrogens with zero attached hydrogens (tertiary/aromatic N) is 2. The number of aromatic carboxylic acids is 1. The molecule has 2 unspecified atom stereocenters. The molecule has 2 rings (SSSR count). The first-order chi connectivity index (χ1) is 9.97. The van der Waals surface area contributed by atoms with Crippen LogP contribution in [0.5, 0.6) is 0 Å². The molecule has 2 atom stereocenters. The van der Waals surface area contributed by atoms with Crippen molar-refractivity contribution in [3.05, 3.63) is 27.9 Å². The summed E-state index contributed by atoms with van der Waals surface area (Å²) in [5, 5.41) is 22.9. The Bertz CT molecular complexity index is 547. The smallest absolute Gasteiger partial charge is 0.337 e. The molecule has 21 heavy (non-hydrogen) atoms. The molecule has 7 nitrogen and oxygen atoms in total. The number of nitro groups is 1. The topological polar surface area (TPSA) is 105 Å². The largest absolute Gasteiger partial charge is 0.478 e. The summed E-state index contributed by atoms with van der Waals surface area (Å²) < 4.78 is 0. The van der Waals surface area contributed by atoms with E-state index < -0.39 is 10.9 Å². The number of hydrogen-bond donors (Lipinski definition) is 2. The van der Waals surface area contributed by atoms with Crippen LogP contribution in [0, 0.1) is 22.0 Å². The minimum atomic E-state index is -1.22. The fourth-order valence-corrected chi connectivity index (χ4v) is 2.83. The van der Waals surface area contributed by atoms with Crippen molar-refractivity contribution >= 4 is 17.5 Å². The highest BCUT2D eigenvalue weighted by atomic mass is 16.6. The maximum atomic E-state index is 11.0. The standard InChI is InChI=1S/C14H19N3O4/c1-9-3-2-4-10(5-9)7-15-13-12(17(20)21)6-11(8-16-13)14(18)19/h6,8-10H,2-5,7H2,1H3,(H,15,16)(H,18,19). The van der Waals surface area contributed by atoms with Crippen molar-refractivity contribution in [2.24, 2.45) is 11.8 Å². The first kappa shape index (κ1) is 15.2. The van der Waals surface area contributed by atoms with Gasteiger partial charge in [0.1, 0.15) is 0 Å². The third-order valence-corrected chi connectivity index (χ3v) is 3.91. The van der Waals surface area contributed by atoms with Gasteiger partial charge in [0, 0.05) is 18.8 Å². The highest BCUT2D eigenvalue weighted by Crippen LogP contribution is 2.30. The maximum absolute atomic E-state index is 11.0. The lowest BCUT2D eigenvalue weighted by Gasteiger charge is -2.26. The van der Waals surface area contributed by atoms with Gasteiger partial charge in [-0.05, 0) is 24.7 Å². The number of carboxylic acids is 1. The number of aromatic nitrogens is 1. The Hall–Kier alpha value is -2.18. The minimum Gasteiger partial charge on any atom is -0.478 e. The van der Waals surface area contributed by atoms with Gasteiger partial charge in [0.15, 0.2) is 0 Å². The maximum Gasteiger partial charge on any atom is 0.337 e. The second-order valence-electron chi connectivity index (χ2n) is 5.67. The van der Waals surface area contributed by atoms with Crippen molar-refractivity contribution < 1.29 is 14.8 Å². The van der Waals surface area contributed by atoms with Gasteiger partial charge in [-0.15, -0.1) is 0 Å². The van der Waals surface area contributed by atoms with Gasteiger partial charge in [0.05, 0.1) is 10.5 Å². The molecule has 0 aliphatic heterocycles. The molecule has 0 saturated heterocycles. The summed E-state index contributed by atoms with van der Waals surface area (Å²) in [6.07, 6.45) is 5.77. The molecule has 1 aromatic rings. The molecule has 0 bridgehead atoms. The number of carbonyl (C=O) groups is 1. The van der Waals surface area contributed by atoms with E-state index in [4.69, 9.17) is 5.11 Å². The quantitative estimate of drug-likeness (QED) is 0.638. The number of anilines is 1. The summed E-state index contributed by atoms with van der Waals surface area (Å²) in [4.78, 5) is 25.2. The van der Waals surface area contributed by atoms with E-state index in [0.717, 1.165) is 25.1 Å². The number of rotatable bonds is 5. The SMILES string of the molecule is CC1CCCC(CNc2ncc(C(=O)O)cc2[N+](=O)[O-])C1. The van der Waals surface area contributed by atoms with Crippen molar-refractivity contribution in [1.29, 1.82) is 0 Å². The monoisotopic (exact) mass is 293 g/mol. The molecule has 1 saturated carbocycles. The van der Waals surface area contributed by atoms with Gasteiger partial charge < -0.3 is 10.4 Å². The van der Waals surface area contributed by atoms with Crippen LogP contribution in [0.4, 0.5) is 11.5 Å². The third kappa shape index (κ3) is 3.90. The lowest BCUT2D eigenvalue weighted by atomic mass is 9.82. The third-order valence-electron chi connectivity index (χ3n) is 3.91. The molecule has 1 aliphatic rings. The molecular formula is C14H19N3O4. The van der Waals surface area contributed by atoms with Gasteiger partial charge in [0.2, 0.25) is 5.82 Å². The van der Waals surface area contributed by atoms with Crippen LogP contribution in [-0.2, 0) is 0 Å². The Labute approximate surface area is 122 Å². The Morgan fingerprint density at radius 3 is 2.95 bits per heavy atom. The van der Waals surface area contributed by atoms with Crippen molar-refractivity contribution in [3.8, 4) is 0 Å². The Morgan fingerprint density at radius 2 is 2.33 bits per heavy atom. The summed E-state index contributed by atoms with van der Waals surface area (Å²) in [5.74, 6) is 0.0821. The Kier molecular flexibility index (Phi) is 4.72. The molecule has 1 aliphatic carbocycles. The zero-order chi connectivity index (χ0) is 15.4. The number of carboxylic acid groups (broad SMARTS) is 1. The summed E-state index contributed by atoms with van der Waals surface area (Å²) in [6, 6.07) is 1.04. The second kappa shape index (κ2) is 6.51. The molecule has 1 heterocycles. The Balaban J connectivity index is 2.08. The molecular weight excluding hydrogens is 274 g/mol. The summed E-state index contributed by atoms with van der Waals surface area (Å²) in [5.41, 5.74) is -0.475. The van der Waals surface area contributed by atoms with E-state index >= 15 is 0 Å². The first-order valence-corrected chi connectivity index (χ1v) is 7.09. The van der Waals surface area contributed by atoms with Gasteiger partial charge in [0.25, 0.3) is 0 Å². The molecule has 7 heteroatoms. The summed E-state index contributed by atoms with van der Waals surface area (Å²) >= 11 is 0. The molecule has 2 N–H and O–H groups in total. The van der Waals surface area contributed by atoms with Gasteiger partial charge in [-0.3, -0.25) is 10.1 Å². The molecule has 0 radical (unpaired) electrons. The first-order valence-electron chi connectivity index (χ1n) is 7.09. The van der Waals surface area contributed by atoms with E-state index in [0.29, 0.717) is 18.4 Å². The summed E-state index contributed by atoms with van der Waals surface area (Å²) in [6.45, 7) is 2.85. The van der Waals surface area contributed by atoms with Crippen molar-refractivity contribution in [2.75, 3.05) is 11.9 Å². The molecule has 0 spiro atoms. The second-order valence-corrected chi connectivity index (χ2v) is 5.67. The van der Waals surface area contributed by atoms with Crippen LogP contribution in [0.25, 0.3) is 0 Å². The average Bonchev–Trinajstić information content (AvgIpc) is 2.44. The van der Waals surface area contributed by atoms with E-state index in [1.807, 2.05) is 0 Å². The van der Waals surface area contributed by atoms with Crippen LogP contribution in [-0.4, -0.2) is 27.5 Å². The number of hydrogen-bond acceptors (Lipinski definition) is 5. The molecule has 0 aromatic carbocycles. The van der Waals surface area contributed by atoms with Gasteiger partial charge in [-0.25, -0.2) is 9.78 Å².